The van der Waals surface area contributed by atoms with Crippen LogP contribution in [0.4, 0.5) is 0 Å². The topological polar surface area (TPSA) is 71.3 Å². The minimum atomic E-state index is -0.544. The molecule has 1 aromatic carbocycles. The molecule has 0 aliphatic rings. The van der Waals surface area contributed by atoms with E-state index in [4.69, 9.17) is 0 Å². The minimum absolute atomic E-state index is 0.207. The second kappa shape index (κ2) is 8.19. The second-order valence-corrected chi connectivity index (χ2v) is 6.53. The maximum Gasteiger partial charge on any atom is 0.267 e. The average Bonchev–Trinajstić information content (AvgIpc) is 2.65. The number of hydrogen-bond acceptors (Lipinski definition) is 3. The fourth-order valence-electron chi connectivity index (χ4n) is 3.34. The van der Waals surface area contributed by atoms with Gasteiger partial charge in [0.05, 0.1) is 38.2 Å². The van der Waals surface area contributed by atoms with E-state index in [0.717, 1.165) is 30.7 Å². The van der Waals surface area contributed by atoms with Crippen molar-refractivity contribution in [2.75, 3.05) is 32.7 Å². The van der Waals surface area contributed by atoms with Crippen LogP contribution in [-0.2, 0) is 7.05 Å². The SMILES string of the molecule is C=CC[N+](CC)(CC)CCNC(=O)c1c(O)c2ccccc2n(C)c1=O. The molecule has 0 spiro atoms. The summed E-state index contributed by atoms with van der Waals surface area (Å²) in [6, 6.07) is 6.98. The van der Waals surface area contributed by atoms with E-state index < -0.39 is 11.5 Å². The van der Waals surface area contributed by atoms with Crippen LogP contribution >= 0.6 is 0 Å². The first-order valence-corrected chi connectivity index (χ1v) is 8.95. The van der Waals surface area contributed by atoms with E-state index in [1.807, 2.05) is 6.08 Å². The van der Waals surface area contributed by atoms with E-state index >= 15 is 0 Å². The van der Waals surface area contributed by atoms with Crippen molar-refractivity contribution in [1.29, 1.82) is 0 Å². The van der Waals surface area contributed by atoms with Crippen molar-refractivity contribution in [3.63, 3.8) is 0 Å². The van der Waals surface area contributed by atoms with Crippen LogP contribution in [0.3, 0.4) is 0 Å². The number of rotatable bonds is 8. The molecule has 1 heterocycles. The van der Waals surface area contributed by atoms with Crippen molar-refractivity contribution in [2.45, 2.75) is 13.8 Å². The molecule has 2 rings (SSSR count). The molecule has 1 aromatic heterocycles. The first-order valence-electron chi connectivity index (χ1n) is 8.95. The third kappa shape index (κ3) is 3.65. The summed E-state index contributed by atoms with van der Waals surface area (Å²) in [7, 11) is 1.60. The Labute approximate surface area is 154 Å². The van der Waals surface area contributed by atoms with E-state index in [9.17, 15) is 14.7 Å². The molecule has 0 unspecified atom stereocenters. The molecule has 140 valence electrons. The van der Waals surface area contributed by atoms with Crippen molar-refractivity contribution in [2.24, 2.45) is 7.05 Å². The fourth-order valence-corrected chi connectivity index (χ4v) is 3.34. The lowest BCUT2D eigenvalue weighted by molar-refractivity contribution is -0.918. The van der Waals surface area contributed by atoms with Gasteiger partial charge in [-0.1, -0.05) is 18.7 Å². The van der Waals surface area contributed by atoms with Crippen LogP contribution < -0.4 is 10.9 Å². The molecule has 2 N–H and O–H groups in total. The zero-order chi connectivity index (χ0) is 19.3. The Morgan fingerprint density at radius 3 is 2.58 bits per heavy atom. The predicted molar refractivity (Wildman–Crippen MR) is 104 cm³/mol. The van der Waals surface area contributed by atoms with Gasteiger partial charge in [0.15, 0.2) is 0 Å². The molecule has 0 saturated heterocycles. The van der Waals surface area contributed by atoms with Crippen molar-refractivity contribution >= 4 is 16.8 Å². The molecular formula is C20H28N3O3+. The normalized spacial score (nSPS) is 11.5. The Hall–Kier alpha value is -2.60. The van der Waals surface area contributed by atoms with Gasteiger partial charge in [-0.2, -0.15) is 0 Å². The Balaban J connectivity index is 2.25. The van der Waals surface area contributed by atoms with Gasteiger partial charge in [0.25, 0.3) is 11.5 Å². The van der Waals surface area contributed by atoms with E-state index in [2.05, 4.69) is 25.7 Å². The van der Waals surface area contributed by atoms with Crippen LogP contribution in [0.15, 0.2) is 41.7 Å². The van der Waals surface area contributed by atoms with Gasteiger partial charge >= 0.3 is 0 Å². The van der Waals surface area contributed by atoms with E-state index in [-0.39, 0.29) is 11.3 Å². The number of carbonyl (C=O) groups is 1. The number of aromatic nitrogens is 1. The number of para-hydroxylation sites is 1. The number of fused-ring (bicyclic) bond motifs is 1. The van der Waals surface area contributed by atoms with Crippen LogP contribution in [-0.4, -0.2) is 52.8 Å². The number of quaternary nitrogens is 1. The summed E-state index contributed by atoms with van der Waals surface area (Å²) < 4.78 is 2.20. The number of likely N-dealkylation sites (N-methyl/N-ethyl adjacent to an activating group) is 1. The molecule has 0 aliphatic heterocycles. The van der Waals surface area contributed by atoms with Crippen molar-refractivity contribution < 1.29 is 14.4 Å². The highest BCUT2D eigenvalue weighted by atomic mass is 16.3. The largest absolute Gasteiger partial charge is 0.506 e. The molecule has 2 aromatic rings. The highest BCUT2D eigenvalue weighted by Crippen LogP contribution is 2.25. The fraction of sp³-hybridized carbons (Fsp3) is 0.400. The number of amides is 1. The third-order valence-electron chi connectivity index (χ3n) is 5.23. The van der Waals surface area contributed by atoms with Crippen LogP contribution in [0, 0.1) is 0 Å². The highest BCUT2D eigenvalue weighted by Gasteiger charge is 2.24. The van der Waals surface area contributed by atoms with Gasteiger partial charge in [-0.05, 0) is 32.1 Å². The Morgan fingerprint density at radius 1 is 1.31 bits per heavy atom. The van der Waals surface area contributed by atoms with Crippen molar-refractivity contribution in [1.82, 2.24) is 9.88 Å². The molecule has 0 bridgehead atoms. The highest BCUT2D eigenvalue weighted by molar-refractivity contribution is 6.02. The van der Waals surface area contributed by atoms with Gasteiger partial charge in [0, 0.05) is 12.4 Å². The Kier molecular flexibility index (Phi) is 6.21. The zero-order valence-electron chi connectivity index (χ0n) is 15.8. The second-order valence-electron chi connectivity index (χ2n) is 6.53. The smallest absolute Gasteiger partial charge is 0.267 e. The third-order valence-corrected chi connectivity index (χ3v) is 5.23. The molecule has 0 atom stereocenters. The molecule has 6 heteroatoms. The number of aromatic hydroxyl groups is 1. The number of nitrogens with zero attached hydrogens (tertiary/aromatic N) is 2. The standard InChI is InChI=1S/C20H27N3O3/c1-5-13-23(6-2,7-3)14-12-21-19(25)17-18(24)15-10-8-9-11-16(15)22(4)20(17)26/h5,8-11H,1,6-7,12-14H2,2-4H3,(H-,21,24,25,26)/p+1. The van der Waals surface area contributed by atoms with Gasteiger partial charge in [0.2, 0.25) is 0 Å². The molecule has 0 aliphatic carbocycles. The summed E-state index contributed by atoms with van der Waals surface area (Å²) in [5.74, 6) is -0.809. The summed E-state index contributed by atoms with van der Waals surface area (Å²) in [5, 5.41) is 13.7. The van der Waals surface area contributed by atoms with Gasteiger partial charge in [-0.3, -0.25) is 9.59 Å². The van der Waals surface area contributed by atoms with Gasteiger partial charge in [-0.15, -0.1) is 0 Å². The predicted octanol–water partition coefficient (Wildman–Crippen LogP) is 2.02. The zero-order valence-corrected chi connectivity index (χ0v) is 15.8. The number of carbonyl (C=O) groups excluding carboxylic acids is 1. The summed E-state index contributed by atoms with van der Waals surface area (Å²) in [6.45, 7) is 11.9. The lowest BCUT2D eigenvalue weighted by Crippen LogP contribution is -2.52. The number of benzene rings is 1. The van der Waals surface area contributed by atoms with E-state index in [0.29, 0.717) is 17.4 Å². The lowest BCUT2D eigenvalue weighted by atomic mass is 10.1. The Morgan fingerprint density at radius 2 is 1.96 bits per heavy atom. The molecule has 0 fully saturated rings. The van der Waals surface area contributed by atoms with E-state index in [1.165, 1.54) is 4.57 Å². The summed E-state index contributed by atoms with van der Waals surface area (Å²) in [4.78, 5) is 25.1. The molecular weight excluding hydrogens is 330 g/mol. The van der Waals surface area contributed by atoms with Gasteiger partial charge < -0.3 is 19.5 Å². The molecule has 26 heavy (non-hydrogen) atoms. The first-order chi connectivity index (χ1) is 12.4. The maximum atomic E-state index is 12.6. The molecule has 1 amide bonds. The first kappa shape index (κ1) is 19.7. The number of pyridine rings is 1. The van der Waals surface area contributed by atoms with Crippen LogP contribution in [0.1, 0.15) is 24.2 Å². The Bertz CT molecular complexity index is 866. The molecule has 0 saturated carbocycles. The van der Waals surface area contributed by atoms with Crippen molar-refractivity contribution in [3.8, 4) is 5.75 Å². The van der Waals surface area contributed by atoms with E-state index in [1.54, 1.807) is 31.3 Å². The van der Waals surface area contributed by atoms with Crippen molar-refractivity contribution in [3.05, 3.63) is 52.8 Å². The number of aryl methyl sites for hydroxylation is 1. The monoisotopic (exact) mass is 358 g/mol. The summed E-state index contributed by atoms with van der Waals surface area (Å²) in [6.07, 6.45) is 1.89. The lowest BCUT2D eigenvalue weighted by Gasteiger charge is -2.35. The summed E-state index contributed by atoms with van der Waals surface area (Å²) >= 11 is 0. The minimum Gasteiger partial charge on any atom is -0.506 e. The van der Waals surface area contributed by atoms with Gasteiger partial charge in [0.1, 0.15) is 11.3 Å². The summed E-state index contributed by atoms with van der Waals surface area (Å²) in [5.41, 5.74) is -0.122. The number of nitrogens with one attached hydrogen (secondary N) is 1. The average molecular weight is 358 g/mol. The maximum absolute atomic E-state index is 12.6. The quantitative estimate of drug-likeness (QED) is 0.560. The van der Waals surface area contributed by atoms with Crippen LogP contribution in [0.25, 0.3) is 10.9 Å². The number of hydrogen-bond donors (Lipinski definition) is 2. The van der Waals surface area contributed by atoms with Crippen LogP contribution in [0.5, 0.6) is 5.75 Å². The van der Waals surface area contributed by atoms with Crippen LogP contribution in [0.2, 0.25) is 0 Å². The molecule has 0 radical (unpaired) electrons. The van der Waals surface area contributed by atoms with Gasteiger partial charge in [-0.25, -0.2) is 0 Å². The molecule has 6 nitrogen and oxygen atoms in total.